The van der Waals surface area contributed by atoms with Crippen molar-refractivity contribution in [2.75, 3.05) is 32.2 Å². The predicted molar refractivity (Wildman–Crippen MR) is 115 cm³/mol. The van der Waals surface area contributed by atoms with E-state index < -0.39 is 0 Å². The first kappa shape index (κ1) is 21.0. The molecule has 1 N–H and O–H groups in total. The molecule has 0 aliphatic carbocycles. The number of rotatable bonds is 7. The normalized spacial score (nSPS) is 16.0. The lowest BCUT2D eigenvalue weighted by molar-refractivity contribution is -0.123. The van der Waals surface area contributed by atoms with E-state index in [0.717, 1.165) is 16.1 Å². The number of nitrogens with one attached hydrogen (secondary N) is 1. The van der Waals surface area contributed by atoms with Crippen LogP contribution >= 0.6 is 11.8 Å². The number of para-hydroxylation sites is 1. The van der Waals surface area contributed by atoms with Crippen LogP contribution in [0.1, 0.15) is 18.9 Å². The molecular formula is C22H26N2O4S. The number of hydrogen-bond acceptors (Lipinski definition) is 5. The van der Waals surface area contributed by atoms with Gasteiger partial charge in [0, 0.05) is 23.1 Å². The maximum Gasteiger partial charge on any atom is 0.240 e. The van der Waals surface area contributed by atoms with E-state index in [4.69, 9.17) is 9.47 Å². The van der Waals surface area contributed by atoms with Gasteiger partial charge in [0.1, 0.15) is 6.54 Å². The van der Waals surface area contributed by atoms with E-state index in [0.29, 0.717) is 30.9 Å². The van der Waals surface area contributed by atoms with Gasteiger partial charge in [-0.25, -0.2) is 0 Å². The van der Waals surface area contributed by atoms with Gasteiger partial charge in [-0.2, -0.15) is 0 Å². The minimum atomic E-state index is -0.173. The summed E-state index contributed by atoms with van der Waals surface area (Å²) in [7, 11) is 3.19. The number of carbonyl (C=O) groups excluding carboxylic acids is 2. The van der Waals surface area contributed by atoms with Crippen molar-refractivity contribution in [2.45, 2.75) is 29.9 Å². The molecule has 0 saturated carbocycles. The van der Waals surface area contributed by atoms with Gasteiger partial charge in [0.2, 0.25) is 11.8 Å². The second-order valence-electron chi connectivity index (χ2n) is 6.87. The lowest BCUT2D eigenvalue weighted by Crippen LogP contribution is -2.41. The number of anilines is 1. The third-order valence-corrected chi connectivity index (χ3v) is 5.90. The van der Waals surface area contributed by atoms with Gasteiger partial charge in [-0.1, -0.05) is 25.1 Å². The van der Waals surface area contributed by atoms with E-state index in [-0.39, 0.29) is 23.6 Å². The Hall–Kier alpha value is -2.67. The minimum Gasteiger partial charge on any atom is -0.493 e. The van der Waals surface area contributed by atoms with E-state index in [1.807, 2.05) is 49.4 Å². The smallest absolute Gasteiger partial charge is 0.240 e. The average Bonchev–Trinajstić information content (AvgIpc) is 2.83. The zero-order valence-corrected chi connectivity index (χ0v) is 17.8. The predicted octanol–water partition coefficient (Wildman–Crippen LogP) is 3.28. The minimum absolute atomic E-state index is 0.0229. The molecule has 29 heavy (non-hydrogen) atoms. The van der Waals surface area contributed by atoms with E-state index in [1.54, 1.807) is 30.9 Å². The SMILES string of the molecule is COc1ccc(CCNC(=O)CN2C(=O)C[C@H](C)Sc3ccccc32)cc1OC. The molecule has 0 aromatic heterocycles. The highest BCUT2D eigenvalue weighted by molar-refractivity contribution is 8.00. The molecule has 1 atom stereocenters. The Bertz CT molecular complexity index is 887. The van der Waals surface area contributed by atoms with Gasteiger partial charge in [0.05, 0.1) is 19.9 Å². The van der Waals surface area contributed by atoms with Gasteiger partial charge in [-0.05, 0) is 36.2 Å². The van der Waals surface area contributed by atoms with Crippen LogP contribution in [0.25, 0.3) is 0 Å². The molecule has 1 aliphatic rings. The van der Waals surface area contributed by atoms with Crippen LogP contribution < -0.4 is 19.7 Å². The third kappa shape index (κ3) is 5.23. The van der Waals surface area contributed by atoms with Crippen molar-refractivity contribution < 1.29 is 19.1 Å². The highest BCUT2D eigenvalue weighted by Crippen LogP contribution is 2.37. The number of carbonyl (C=O) groups is 2. The van der Waals surface area contributed by atoms with Gasteiger partial charge in [-0.15, -0.1) is 11.8 Å². The van der Waals surface area contributed by atoms with E-state index in [2.05, 4.69) is 5.32 Å². The Kier molecular flexibility index (Phi) is 7.04. The van der Waals surface area contributed by atoms with Crippen LogP contribution in [0.15, 0.2) is 47.4 Å². The summed E-state index contributed by atoms with van der Waals surface area (Å²) in [5.41, 5.74) is 1.84. The molecule has 2 amide bonds. The van der Waals surface area contributed by atoms with Crippen LogP contribution in [0.4, 0.5) is 5.69 Å². The van der Waals surface area contributed by atoms with E-state index in [1.165, 1.54) is 0 Å². The molecule has 0 radical (unpaired) electrons. The van der Waals surface area contributed by atoms with Gasteiger partial charge >= 0.3 is 0 Å². The lowest BCUT2D eigenvalue weighted by Gasteiger charge is -2.22. The second-order valence-corrected chi connectivity index (χ2v) is 8.35. The van der Waals surface area contributed by atoms with Crippen LogP contribution in [0, 0.1) is 0 Å². The monoisotopic (exact) mass is 414 g/mol. The summed E-state index contributed by atoms with van der Waals surface area (Å²) < 4.78 is 10.6. The second kappa shape index (κ2) is 9.69. The number of amides is 2. The van der Waals surface area contributed by atoms with Gasteiger partial charge in [-0.3, -0.25) is 9.59 Å². The Morgan fingerprint density at radius 1 is 1.17 bits per heavy atom. The maximum absolute atomic E-state index is 12.7. The largest absolute Gasteiger partial charge is 0.493 e. The average molecular weight is 415 g/mol. The zero-order valence-electron chi connectivity index (χ0n) is 16.9. The van der Waals surface area contributed by atoms with Crippen molar-refractivity contribution in [1.82, 2.24) is 5.32 Å². The lowest BCUT2D eigenvalue weighted by atomic mass is 10.1. The summed E-state index contributed by atoms with van der Waals surface area (Å²) in [4.78, 5) is 27.8. The Balaban J connectivity index is 1.60. The highest BCUT2D eigenvalue weighted by atomic mass is 32.2. The summed E-state index contributed by atoms with van der Waals surface area (Å²) in [5.74, 6) is 1.14. The fraction of sp³-hybridized carbons (Fsp3) is 0.364. The van der Waals surface area contributed by atoms with Crippen LogP contribution in [-0.4, -0.2) is 44.4 Å². The topological polar surface area (TPSA) is 67.9 Å². The molecule has 154 valence electrons. The first-order chi connectivity index (χ1) is 14.0. The number of benzene rings is 2. The fourth-order valence-corrected chi connectivity index (χ4v) is 4.40. The van der Waals surface area contributed by atoms with E-state index >= 15 is 0 Å². The van der Waals surface area contributed by atoms with Gasteiger partial charge in [0.15, 0.2) is 11.5 Å². The summed E-state index contributed by atoms with van der Waals surface area (Å²) in [5, 5.41) is 3.10. The molecule has 0 unspecified atom stereocenters. The van der Waals surface area contributed by atoms with Crippen LogP contribution in [0.2, 0.25) is 0 Å². The maximum atomic E-state index is 12.7. The quantitative estimate of drug-likeness (QED) is 0.753. The summed E-state index contributed by atoms with van der Waals surface area (Å²) in [6.45, 7) is 2.53. The highest BCUT2D eigenvalue weighted by Gasteiger charge is 2.27. The van der Waals surface area contributed by atoms with Gasteiger partial charge < -0.3 is 19.7 Å². The summed E-state index contributed by atoms with van der Waals surface area (Å²) >= 11 is 1.67. The van der Waals surface area contributed by atoms with Crippen molar-refractivity contribution in [3.05, 3.63) is 48.0 Å². The Labute approximate surface area is 175 Å². The number of fused-ring (bicyclic) bond motifs is 1. The van der Waals surface area contributed by atoms with E-state index in [9.17, 15) is 9.59 Å². The molecule has 3 rings (SSSR count). The number of methoxy groups -OCH3 is 2. The standard InChI is InChI=1S/C22H26N2O4S/c1-15-12-22(26)24(17-6-4-5-7-20(17)29-15)14-21(25)23-11-10-16-8-9-18(27-2)19(13-16)28-3/h4-9,13,15H,10-12,14H2,1-3H3,(H,23,25)/t15-/m0/s1. The van der Waals surface area contributed by atoms with Crippen molar-refractivity contribution in [2.24, 2.45) is 0 Å². The molecule has 2 aromatic rings. The number of nitrogens with zero attached hydrogens (tertiary/aromatic N) is 1. The molecule has 0 spiro atoms. The Morgan fingerprint density at radius 2 is 1.93 bits per heavy atom. The summed E-state index contributed by atoms with van der Waals surface area (Å²) in [6, 6.07) is 13.4. The Morgan fingerprint density at radius 3 is 2.69 bits per heavy atom. The third-order valence-electron chi connectivity index (χ3n) is 4.73. The number of thioether (sulfide) groups is 1. The molecule has 7 heteroatoms. The van der Waals surface area contributed by atoms with Gasteiger partial charge in [0.25, 0.3) is 0 Å². The first-order valence-electron chi connectivity index (χ1n) is 9.55. The van der Waals surface area contributed by atoms with Crippen molar-refractivity contribution in [1.29, 1.82) is 0 Å². The van der Waals surface area contributed by atoms with Crippen LogP contribution in [0.5, 0.6) is 11.5 Å². The molecule has 0 saturated heterocycles. The van der Waals surface area contributed by atoms with Crippen molar-refractivity contribution >= 4 is 29.3 Å². The molecule has 1 aliphatic heterocycles. The molecule has 0 fully saturated rings. The molecular weight excluding hydrogens is 388 g/mol. The number of hydrogen-bond donors (Lipinski definition) is 1. The molecule has 6 nitrogen and oxygen atoms in total. The van der Waals surface area contributed by atoms with Crippen molar-refractivity contribution in [3.63, 3.8) is 0 Å². The zero-order chi connectivity index (χ0) is 20.8. The molecule has 0 bridgehead atoms. The molecule has 1 heterocycles. The number of ether oxygens (including phenoxy) is 2. The first-order valence-corrected chi connectivity index (χ1v) is 10.4. The molecule has 2 aromatic carbocycles. The van der Waals surface area contributed by atoms with Crippen molar-refractivity contribution in [3.8, 4) is 11.5 Å². The summed E-state index contributed by atoms with van der Waals surface area (Å²) in [6.07, 6.45) is 1.07. The van der Waals surface area contributed by atoms with Crippen LogP contribution in [0.3, 0.4) is 0 Å². The van der Waals surface area contributed by atoms with Crippen LogP contribution in [-0.2, 0) is 16.0 Å². The fourth-order valence-electron chi connectivity index (χ4n) is 3.28.